The Morgan fingerprint density at radius 3 is 2.42 bits per heavy atom. The molecule has 9 heteroatoms. The van der Waals surface area contributed by atoms with E-state index in [2.05, 4.69) is 0 Å². The summed E-state index contributed by atoms with van der Waals surface area (Å²) in [6.07, 6.45) is 0. The third-order valence-corrected chi connectivity index (χ3v) is 5.58. The molecule has 0 aliphatic heterocycles. The Hall–Kier alpha value is -3.22. The van der Waals surface area contributed by atoms with E-state index in [-0.39, 0.29) is 16.3 Å². The zero-order valence-electron chi connectivity index (χ0n) is 13.0. The molecule has 2 aromatic carbocycles. The molecule has 0 radical (unpaired) electrons. The van der Waals surface area contributed by atoms with Crippen molar-refractivity contribution >= 4 is 27.1 Å². The van der Waals surface area contributed by atoms with Crippen LogP contribution in [0.4, 0.5) is 5.69 Å². The Balaban J connectivity index is 2.03. The molecular weight excluding hydrogens is 376 g/mol. The first-order valence-corrected chi connectivity index (χ1v) is 9.46. The van der Waals surface area contributed by atoms with E-state index in [1.54, 1.807) is 17.5 Å². The predicted octanol–water partition coefficient (Wildman–Crippen LogP) is 3.96. The van der Waals surface area contributed by atoms with Gasteiger partial charge < -0.3 is 4.18 Å². The van der Waals surface area contributed by atoms with Crippen molar-refractivity contribution in [3.05, 3.63) is 75.7 Å². The smallest absolute Gasteiger partial charge is 0.339 e. The van der Waals surface area contributed by atoms with Crippen LogP contribution in [0, 0.1) is 21.4 Å². The van der Waals surface area contributed by atoms with E-state index in [9.17, 15) is 18.5 Å². The lowest BCUT2D eigenvalue weighted by Gasteiger charge is -2.11. The number of nitro benzene ring substituents is 1. The highest BCUT2D eigenvalue weighted by molar-refractivity contribution is 7.87. The SMILES string of the molecule is N#Cc1ccc(S(=O)(=O)Oc2ccc([N+](=O)[O-])cc2-c2cccs2)cc1. The van der Waals surface area contributed by atoms with Gasteiger partial charge in [0.1, 0.15) is 4.90 Å². The molecule has 7 nitrogen and oxygen atoms in total. The highest BCUT2D eigenvalue weighted by Gasteiger charge is 2.21. The van der Waals surface area contributed by atoms with Crippen LogP contribution >= 0.6 is 11.3 Å². The van der Waals surface area contributed by atoms with Crippen LogP contribution in [0.5, 0.6) is 5.75 Å². The molecule has 0 amide bonds. The minimum absolute atomic E-state index is 0.0117. The summed E-state index contributed by atoms with van der Waals surface area (Å²) in [5.74, 6) is -0.0117. The summed E-state index contributed by atoms with van der Waals surface area (Å²) in [4.78, 5) is 11.0. The van der Waals surface area contributed by atoms with Crippen LogP contribution in [0.3, 0.4) is 0 Å². The monoisotopic (exact) mass is 386 g/mol. The highest BCUT2D eigenvalue weighted by atomic mass is 32.2. The number of non-ortho nitro benzene ring substituents is 1. The number of hydrogen-bond donors (Lipinski definition) is 0. The summed E-state index contributed by atoms with van der Waals surface area (Å²) in [7, 11) is -4.16. The molecule has 0 aliphatic rings. The van der Waals surface area contributed by atoms with Crippen LogP contribution in [-0.2, 0) is 10.1 Å². The molecule has 0 atom stereocenters. The van der Waals surface area contributed by atoms with Gasteiger partial charge in [0.2, 0.25) is 0 Å². The van der Waals surface area contributed by atoms with Crippen molar-refractivity contribution in [1.29, 1.82) is 5.26 Å². The average molecular weight is 386 g/mol. The third-order valence-electron chi connectivity index (χ3n) is 3.43. The molecule has 0 N–H and O–H groups in total. The molecule has 0 unspecified atom stereocenters. The Kier molecular flexibility index (Phi) is 4.71. The molecular formula is C17H10N2O5S2. The summed E-state index contributed by atoms with van der Waals surface area (Å²) in [5.41, 5.74) is 0.460. The van der Waals surface area contributed by atoms with Crippen molar-refractivity contribution < 1.29 is 17.5 Å². The van der Waals surface area contributed by atoms with Gasteiger partial charge in [-0.25, -0.2) is 0 Å². The second-order valence-electron chi connectivity index (χ2n) is 5.09. The van der Waals surface area contributed by atoms with Gasteiger partial charge >= 0.3 is 10.1 Å². The van der Waals surface area contributed by atoms with E-state index in [0.717, 1.165) is 0 Å². The van der Waals surface area contributed by atoms with Gasteiger partial charge in [-0.3, -0.25) is 10.1 Å². The summed E-state index contributed by atoms with van der Waals surface area (Å²) >= 11 is 1.30. The Labute approximate surface area is 153 Å². The largest absolute Gasteiger partial charge is 0.378 e. The van der Waals surface area contributed by atoms with Crippen molar-refractivity contribution in [3.63, 3.8) is 0 Å². The molecule has 0 aliphatic carbocycles. The maximum atomic E-state index is 12.5. The summed E-state index contributed by atoms with van der Waals surface area (Å²) in [6, 6.07) is 14.3. The van der Waals surface area contributed by atoms with Crippen molar-refractivity contribution in [2.24, 2.45) is 0 Å². The molecule has 0 bridgehead atoms. The molecule has 3 rings (SSSR count). The lowest BCUT2D eigenvalue weighted by atomic mass is 10.1. The van der Waals surface area contributed by atoms with Crippen LogP contribution in [0.2, 0.25) is 0 Å². The predicted molar refractivity (Wildman–Crippen MR) is 95.4 cm³/mol. The molecule has 130 valence electrons. The second-order valence-corrected chi connectivity index (χ2v) is 7.58. The van der Waals surface area contributed by atoms with Crippen molar-refractivity contribution in [3.8, 4) is 22.3 Å². The van der Waals surface area contributed by atoms with Gasteiger partial charge in [-0.2, -0.15) is 13.7 Å². The fourth-order valence-corrected chi connectivity index (χ4v) is 3.89. The van der Waals surface area contributed by atoms with Gasteiger partial charge in [-0.05, 0) is 41.8 Å². The minimum Gasteiger partial charge on any atom is -0.378 e. The van der Waals surface area contributed by atoms with E-state index in [0.29, 0.717) is 16.0 Å². The summed E-state index contributed by atoms with van der Waals surface area (Å²) in [6.45, 7) is 0. The third kappa shape index (κ3) is 3.56. The van der Waals surface area contributed by atoms with E-state index in [1.165, 1.54) is 53.8 Å². The molecule has 0 fully saturated rings. The number of benzene rings is 2. The lowest BCUT2D eigenvalue weighted by Crippen LogP contribution is -2.10. The van der Waals surface area contributed by atoms with Crippen LogP contribution in [-0.4, -0.2) is 13.3 Å². The molecule has 3 aromatic rings. The molecule has 1 heterocycles. The number of rotatable bonds is 5. The minimum atomic E-state index is -4.16. The maximum Gasteiger partial charge on any atom is 0.339 e. The maximum absolute atomic E-state index is 12.5. The average Bonchev–Trinajstić information content (AvgIpc) is 3.16. The first-order valence-electron chi connectivity index (χ1n) is 7.18. The summed E-state index contributed by atoms with van der Waals surface area (Å²) < 4.78 is 30.2. The van der Waals surface area contributed by atoms with E-state index in [1.807, 2.05) is 6.07 Å². The Bertz CT molecular complexity index is 1100. The van der Waals surface area contributed by atoms with E-state index in [4.69, 9.17) is 9.44 Å². The van der Waals surface area contributed by atoms with Gasteiger partial charge in [-0.1, -0.05) is 6.07 Å². The van der Waals surface area contributed by atoms with Crippen LogP contribution in [0.1, 0.15) is 5.56 Å². The zero-order chi connectivity index (χ0) is 18.7. The molecule has 26 heavy (non-hydrogen) atoms. The van der Waals surface area contributed by atoms with E-state index < -0.39 is 15.0 Å². The van der Waals surface area contributed by atoms with Crippen LogP contribution in [0.15, 0.2) is 64.9 Å². The van der Waals surface area contributed by atoms with E-state index >= 15 is 0 Å². The normalized spacial score (nSPS) is 10.9. The Morgan fingerprint density at radius 2 is 1.85 bits per heavy atom. The van der Waals surface area contributed by atoms with Gasteiger partial charge in [0.25, 0.3) is 5.69 Å². The number of nitrogens with zero attached hydrogens (tertiary/aromatic N) is 2. The number of hydrogen-bond acceptors (Lipinski definition) is 7. The van der Waals surface area contributed by atoms with Gasteiger partial charge in [0.15, 0.2) is 5.75 Å². The molecule has 1 aromatic heterocycles. The van der Waals surface area contributed by atoms with Gasteiger partial charge in [0, 0.05) is 22.6 Å². The number of thiophene rings is 1. The molecule has 0 saturated heterocycles. The van der Waals surface area contributed by atoms with Crippen LogP contribution in [0.25, 0.3) is 10.4 Å². The van der Waals surface area contributed by atoms with Gasteiger partial charge in [-0.15, -0.1) is 11.3 Å². The lowest BCUT2D eigenvalue weighted by molar-refractivity contribution is -0.384. The number of nitriles is 1. The Morgan fingerprint density at radius 1 is 1.12 bits per heavy atom. The van der Waals surface area contributed by atoms with Crippen LogP contribution < -0.4 is 4.18 Å². The fourth-order valence-electron chi connectivity index (χ4n) is 2.19. The highest BCUT2D eigenvalue weighted by Crippen LogP contribution is 2.37. The second kappa shape index (κ2) is 6.95. The first kappa shape index (κ1) is 17.6. The van der Waals surface area contributed by atoms with Crippen molar-refractivity contribution in [1.82, 2.24) is 0 Å². The fraction of sp³-hybridized carbons (Fsp3) is 0. The standard InChI is InChI=1S/C17H10N2O5S2/c18-11-12-3-6-14(7-4-12)26(22,23)24-16-8-5-13(19(20)21)10-15(16)17-2-1-9-25-17/h1-10H. The molecule has 0 spiro atoms. The van der Waals surface area contributed by atoms with Crippen molar-refractivity contribution in [2.45, 2.75) is 4.90 Å². The topological polar surface area (TPSA) is 110 Å². The summed E-state index contributed by atoms with van der Waals surface area (Å²) in [5, 5.41) is 21.6. The van der Waals surface area contributed by atoms with Crippen molar-refractivity contribution in [2.75, 3.05) is 0 Å². The molecule has 0 saturated carbocycles. The quantitative estimate of drug-likeness (QED) is 0.373. The first-order chi connectivity index (χ1) is 12.4. The zero-order valence-corrected chi connectivity index (χ0v) is 14.7. The number of nitro groups is 1. The van der Waals surface area contributed by atoms with Gasteiger partial charge in [0.05, 0.1) is 16.6 Å².